The van der Waals surface area contributed by atoms with E-state index in [1.807, 2.05) is 0 Å². The predicted octanol–water partition coefficient (Wildman–Crippen LogP) is 0.541. The van der Waals surface area contributed by atoms with E-state index in [4.69, 9.17) is 4.74 Å². The summed E-state index contributed by atoms with van der Waals surface area (Å²) in [6.45, 7) is 0.411. The van der Waals surface area contributed by atoms with Crippen molar-refractivity contribution < 1.29 is 14.8 Å². The van der Waals surface area contributed by atoms with Crippen LogP contribution in [0.3, 0.4) is 0 Å². The number of hydrogen-bond donors (Lipinski definition) is 1. The molecule has 0 amide bonds. The van der Waals surface area contributed by atoms with Crippen molar-refractivity contribution in [1.82, 2.24) is 9.78 Å². The second-order valence-electron chi connectivity index (χ2n) is 3.83. The molecule has 16 heavy (non-hydrogen) atoms. The molecule has 7 heteroatoms. The van der Waals surface area contributed by atoms with Crippen LogP contribution in [0.4, 0.5) is 5.69 Å². The molecular weight excluding hydrogens is 214 g/mol. The zero-order valence-corrected chi connectivity index (χ0v) is 8.87. The Hall–Kier alpha value is -1.47. The Morgan fingerprint density at radius 1 is 1.75 bits per heavy atom. The largest absolute Gasteiger partial charge is 0.393 e. The van der Waals surface area contributed by atoms with E-state index in [2.05, 4.69) is 5.10 Å². The van der Waals surface area contributed by atoms with Crippen molar-refractivity contribution in [3.8, 4) is 0 Å². The van der Waals surface area contributed by atoms with Gasteiger partial charge in [-0.05, 0) is 6.42 Å². The first-order valence-electron chi connectivity index (χ1n) is 5.05. The molecule has 0 aromatic carbocycles. The minimum absolute atomic E-state index is 0.0541. The molecule has 7 nitrogen and oxygen atoms in total. The van der Waals surface area contributed by atoms with Gasteiger partial charge in [0.15, 0.2) is 0 Å². The summed E-state index contributed by atoms with van der Waals surface area (Å²) in [5.41, 5.74) is 0.366. The minimum atomic E-state index is -0.479. The molecule has 0 bridgehead atoms. The summed E-state index contributed by atoms with van der Waals surface area (Å²) >= 11 is 0. The van der Waals surface area contributed by atoms with Gasteiger partial charge in [-0.1, -0.05) is 0 Å². The average Bonchev–Trinajstić information content (AvgIpc) is 2.60. The van der Waals surface area contributed by atoms with Crippen LogP contribution in [0.1, 0.15) is 24.6 Å². The maximum atomic E-state index is 10.8. The first-order chi connectivity index (χ1) is 7.59. The Morgan fingerprint density at radius 3 is 3.12 bits per heavy atom. The third-order valence-corrected chi connectivity index (χ3v) is 2.72. The fourth-order valence-electron chi connectivity index (χ4n) is 1.92. The highest BCUT2D eigenvalue weighted by Gasteiger charge is 2.31. The minimum Gasteiger partial charge on any atom is -0.393 e. The van der Waals surface area contributed by atoms with Gasteiger partial charge in [0.1, 0.15) is 18.0 Å². The van der Waals surface area contributed by atoms with Gasteiger partial charge in [0.25, 0.3) is 0 Å². The second-order valence-corrected chi connectivity index (χ2v) is 3.83. The molecule has 0 aliphatic carbocycles. The van der Waals surface area contributed by atoms with Gasteiger partial charge in [-0.3, -0.25) is 14.8 Å². The van der Waals surface area contributed by atoms with Crippen molar-refractivity contribution in [2.75, 3.05) is 6.61 Å². The standard InChI is InChI=1S/C9H13N3O4/c1-11-9(7(5-10-11)12(14)15)8-4-6(13)2-3-16-8/h5-6,8,13H,2-4H2,1H3/t6-,8-/m0/s1. The number of rotatable bonds is 2. The monoisotopic (exact) mass is 227 g/mol. The Balaban J connectivity index is 2.31. The van der Waals surface area contributed by atoms with Crippen LogP contribution < -0.4 is 0 Å². The second kappa shape index (κ2) is 4.18. The maximum Gasteiger partial charge on any atom is 0.312 e. The van der Waals surface area contributed by atoms with Crippen LogP contribution in [0.15, 0.2) is 6.20 Å². The third-order valence-electron chi connectivity index (χ3n) is 2.72. The van der Waals surface area contributed by atoms with Crippen molar-refractivity contribution in [2.24, 2.45) is 7.05 Å². The highest BCUT2D eigenvalue weighted by molar-refractivity contribution is 5.35. The smallest absolute Gasteiger partial charge is 0.312 e. The first kappa shape index (κ1) is 11.0. The van der Waals surface area contributed by atoms with E-state index in [1.54, 1.807) is 7.05 Å². The summed E-state index contributed by atoms with van der Waals surface area (Å²) in [6.07, 6.45) is 1.24. The molecule has 0 unspecified atom stereocenters. The fraction of sp³-hybridized carbons (Fsp3) is 0.667. The Morgan fingerprint density at radius 2 is 2.50 bits per heavy atom. The van der Waals surface area contributed by atoms with Gasteiger partial charge in [0.05, 0.1) is 11.0 Å². The molecule has 1 aliphatic rings. The van der Waals surface area contributed by atoms with E-state index in [9.17, 15) is 15.2 Å². The van der Waals surface area contributed by atoms with Crippen molar-refractivity contribution >= 4 is 5.69 Å². The molecule has 1 fully saturated rings. The van der Waals surface area contributed by atoms with Crippen molar-refractivity contribution in [3.63, 3.8) is 0 Å². The third kappa shape index (κ3) is 1.91. The van der Waals surface area contributed by atoms with Crippen molar-refractivity contribution in [1.29, 1.82) is 0 Å². The number of nitrogens with zero attached hydrogens (tertiary/aromatic N) is 3. The van der Waals surface area contributed by atoms with Crippen LogP contribution in [0.25, 0.3) is 0 Å². The molecule has 2 atom stereocenters. The van der Waals surface area contributed by atoms with Gasteiger partial charge in [0, 0.05) is 20.1 Å². The molecule has 1 aromatic heterocycles. The Labute approximate surface area is 91.8 Å². The van der Waals surface area contributed by atoms with Gasteiger partial charge in [-0.15, -0.1) is 0 Å². The molecule has 0 saturated carbocycles. The zero-order valence-electron chi connectivity index (χ0n) is 8.87. The molecule has 1 aromatic rings. The quantitative estimate of drug-likeness (QED) is 0.588. The van der Waals surface area contributed by atoms with Gasteiger partial charge in [-0.25, -0.2) is 0 Å². The Bertz CT molecular complexity index is 403. The number of aromatic nitrogens is 2. The van der Waals surface area contributed by atoms with E-state index < -0.39 is 17.1 Å². The summed E-state index contributed by atoms with van der Waals surface area (Å²) in [5, 5.41) is 24.2. The van der Waals surface area contributed by atoms with E-state index in [0.29, 0.717) is 25.1 Å². The summed E-state index contributed by atoms with van der Waals surface area (Å²) in [5.74, 6) is 0. The van der Waals surface area contributed by atoms with Crippen LogP contribution in [0.2, 0.25) is 0 Å². The molecule has 1 saturated heterocycles. The summed E-state index contributed by atoms with van der Waals surface area (Å²) in [6, 6.07) is 0. The highest BCUT2D eigenvalue weighted by atomic mass is 16.6. The number of nitro groups is 1. The highest BCUT2D eigenvalue weighted by Crippen LogP contribution is 2.33. The molecule has 1 aliphatic heterocycles. The fourth-order valence-corrected chi connectivity index (χ4v) is 1.92. The maximum absolute atomic E-state index is 10.8. The Kier molecular flexibility index (Phi) is 2.88. The van der Waals surface area contributed by atoms with E-state index in [1.165, 1.54) is 10.9 Å². The van der Waals surface area contributed by atoms with Crippen molar-refractivity contribution in [2.45, 2.75) is 25.0 Å². The van der Waals surface area contributed by atoms with Crippen LogP contribution in [-0.4, -0.2) is 32.5 Å². The number of aliphatic hydroxyl groups excluding tert-OH is 1. The van der Waals surface area contributed by atoms with Crippen LogP contribution in [0.5, 0.6) is 0 Å². The van der Waals surface area contributed by atoms with Crippen LogP contribution in [0, 0.1) is 10.1 Å². The molecule has 2 rings (SSSR count). The predicted molar refractivity (Wildman–Crippen MR) is 53.8 cm³/mol. The zero-order chi connectivity index (χ0) is 11.7. The van der Waals surface area contributed by atoms with Crippen molar-refractivity contribution in [3.05, 3.63) is 22.0 Å². The molecule has 1 N–H and O–H groups in total. The van der Waals surface area contributed by atoms with Gasteiger partial charge >= 0.3 is 5.69 Å². The van der Waals surface area contributed by atoms with Crippen LogP contribution in [-0.2, 0) is 11.8 Å². The summed E-state index contributed by atoms with van der Waals surface area (Å²) in [7, 11) is 1.63. The molecule has 0 radical (unpaired) electrons. The first-order valence-corrected chi connectivity index (χ1v) is 5.05. The molecule has 2 heterocycles. The van der Waals surface area contributed by atoms with Crippen LogP contribution >= 0.6 is 0 Å². The number of ether oxygens (including phenoxy) is 1. The SMILES string of the molecule is Cn1ncc([N+](=O)[O-])c1[C@@H]1C[C@@H](O)CCO1. The summed E-state index contributed by atoms with van der Waals surface area (Å²) in [4.78, 5) is 10.3. The number of aliphatic hydroxyl groups is 1. The lowest BCUT2D eigenvalue weighted by Gasteiger charge is -2.25. The molecule has 88 valence electrons. The number of hydrogen-bond acceptors (Lipinski definition) is 5. The van der Waals surface area contributed by atoms with E-state index in [-0.39, 0.29) is 5.69 Å². The van der Waals surface area contributed by atoms with E-state index in [0.717, 1.165) is 0 Å². The lowest BCUT2D eigenvalue weighted by molar-refractivity contribution is -0.386. The normalized spacial score (nSPS) is 25.6. The average molecular weight is 227 g/mol. The lowest BCUT2D eigenvalue weighted by atomic mass is 10.0. The van der Waals surface area contributed by atoms with Gasteiger partial charge < -0.3 is 9.84 Å². The number of aryl methyl sites for hydroxylation is 1. The molecule has 0 spiro atoms. The molecular formula is C9H13N3O4. The topological polar surface area (TPSA) is 90.4 Å². The summed E-state index contributed by atoms with van der Waals surface area (Å²) < 4.78 is 6.87. The lowest BCUT2D eigenvalue weighted by Crippen LogP contribution is -2.25. The van der Waals surface area contributed by atoms with Gasteiger partial charge in [0.2, 0.25) is 0 Å². The van der Waals surface area contributed by atoms with Gasteiger partial charge in [-0.2, -0.15) is 5.10 Å². The van der Waals surface area contributed by atoms with E-state index >= 15 is 0 Å².